The number of hydrogen-bond donors (Lipinski definition) is 0. The van der Waals surface area contributed by atoms with Crippen LogP contribution in [0.1, 0.15) is 78.1 Å². The van der Waals surface area contributed by atoms with Gasteiger partial charge < -0.3 is 0 Å². The van der Waals surface area contributed by atoms with Gasteiger partial charge in [0.05, 0.1) is 0 Å². The zero-order valence-corrected chi connectivity index (χ0v) is 14.0. The summed E-state index contributed by atoms with van der Waals surface area (Å²) < 4.78 is 0. The van der Waals surface area contributed by atoms with Gasteiger partial charge in [-0.25, -0.2) is 0 Å². The van der Waals surface area contributed by atoms with Crippen molar-refractivity contribution in [3.05, 3.63) is 0 Å². The lowest BCUT2D eigenvalue weighted by Crippen LogP contribution is -2.52. The third kappa shape index (κ3) is 1.95. The molecule has 0 amide bonds. The van der Waals surface area contributed by atoms with Crippen molar-refractivity contribution < 1.29 is 0 Å². The van der Waals surface area contributed by atoms with Crippen LogP contribution in [0.25, 0.3) is 0 Å². The Labute approximate surface area is 131 Å². The molecular weight excluding hydrogens is 252 g/mol. The SMILES string of the molecule is C#C[C@@H]1CC[C@@]2(C)[C@@H](CC[C@H]3[C@@H]4CCC[C@@]4(C)CC[C@@H]32)C1. The molecule has 0 nitrogen and oxygen atoms in total. The topological polar surface area (TPSA) is 0 Å². The van der Waals surface area contributed by atoms with Crippen molar-refractivity contribution in [2.45, 2.75) is 78.1 Å². The highest BCUT2D eigenvalue weighted by atomic mass is 14.6. The van der Waals surface area contributed by atoms with Gasteiger partial charge >= 0.3 is 0 Å². The molecule has 7 atom stereocenters. The van der Waals surface area contributed by atoms with E-state index in [1.54, 1.807) is 0 Å². The number of terminal acetylenes is 1. The third-order valence-electron chi connectivity index (χ3n) is 8.68. The van der Waals surface area contributed by atoms with E-state index in [9.17, 15) is 0 Å². The fraction of sp³-hybridized carbons (Fsp3) is 0.905. The summed E-state index contributed by atoms with van der Waals surface area (Å²) in [5.41, 5.74) is 1.33. The summed E-state index contributed by atoms with van der Waals surface area (Å²) in [6, 6.07) is 0. The van der Waals surface area contributed by atoms with Crippen LogP contribution in [-0.4, -0.2) is 0 Å². The summed E-state index contributed by atoms with van der Waals surface area (Å²) >= 11 is 0. The average molecular weight is 284 g/mol. The molecule has 4 saturated carbocycles. The second-order valence-electron chi connectivity index (χ2n) is 9.38. The second-order valence-corrected chi connectivity index (χ2v) is 9.38. The minimum absolute atomic E-state index is 0.583. The highest BCUT2D eigenvalue weighted by Gasteiger charge is 2.57. The van der Waals surface area contributed by atoms with Crippen molar-refractivity contribution in [3.8, 4) is 12.3 Å². The summed E-state index contributed by atoms with van der Waals surface area (Å²) in [6.45, 7) is 5.27. The van der Waals surface area contributed by atoms with E-state index < -0.39 is 0 Å². The quantitative estimate of drug-likeness (QED) is 0.503. The smallest absolute Gasteiger partial charge is 0.0203 e. The molecule has 4 aliphatic rings. The highest BCUT2D eigenvalue weighted by Crippen LogP contribution is 2.66. The van der Waals surface area contributed by atoms with Gasteiger partial charge in [0, 0.05) is 5.92 Å². The molecule has 0 heterocycles. The Kier molecular flexibility index (Phi) is 3.22. The van der Waals surface area contributed by atoms with E-state index >= 15 is 0 Å². The first kappa shape index (κ1) is 14.2. The van der Waals surface area contributed by atoms with E-state index in [0.717, 1.165) is 23.7 Å². The average Bonchev–Trinajstić information content (AvgIpc) is 2.88. The van der Waals surface area contributed by atoms with E-state index in [1.807, 2.05) is 0 Å². The minimum atomic E-state index is 0.583. The Hall–Kier alpha value is -0.440. The molecule has 4 aliphatic carbocycles. The van der Waals surface area contributed by atoms with Gasteiger partial charge in [0.1, 0.15) is 0 Å². The van der Waals surface area contributed by atoms with Crippen LogP contribution in [0.5, 0.6) is 0 Å². The Morgan fingerprint density at radius 3 is 2.57 bits per heavy atom. The summed E-state index contributed by atoms with van der Waals surface area (Å²) in [6.07, 6.45) is 20.4. The Morgan fingerprint density at radius 1 is 0.905 bits per heavy atom. The van der Waals surface area contributed by atoms with Gasteiger partial charge in [0.25, 0.3) is 0 Å². The van der Waals surface area contributed by atoms with Gasteiger partial charge in [0.2, 0.25) is 0 Å². The lowest BCUT2D eigenvalue weighted by Gasteiger charge is -2.60. The molecule has 0 aromatic carbocycles. The molecular formula is C21H32. The van der Waals surface area contributed by atoms with E-state index in [1.165, 1.54) is 64.2 Å². The van der Waals surface area contributed by atoms with Crippen LogP contribution in [0.2, 0.25) is 0 Å². The normalized spacial score (nSPS) is 56.0. The van der Waals surface area contributed by atoms with Gasteiger partial charge in [-0.3, -0.25) is 0 Å². The predicted molar refractivity (Wildman–Crippen MR) is 88.7 cm³/mol. The first-order chi connectivity index (χ1) is 10.1. The Bertz CT molecular complexity index is 457. The summed E-state index contributed by atoms with van der Waals surface area (Å²) in [7, 11) is 0. The molecule has 0 N–H and O–H groups in total. The monoisotopic (exact) mass is 284 g/mol. The van der Waals surface area contributed by atoms with Crippen LogP contribution in [0.15, 0.2) is 0 Å². The fourth-order valence-corrected chi connectivity index (χ4v) is 7.40. The van der Waals surface area contributed by atoms with Crippen molar-refractivity contribution in [2.24, 2.45) is 40.4 Å². The lowest BCUT2D eigenvalue weighted by molar-refractivity contribution is -0.107. The van der Waals surface area contributed by atoms with Gasteiger partial charge in [-0.05, 0) is 92.3 Å². The molecule has 0 aliphatic heterocycles. The van der Waals surface area contributed by atoms with E-state index in [0.29, 0.717) is 16.7 Å². The van der Waals surface area contributed by atoms with Crippen LogP contribution in [-0.2, 0) is 0 Å². The zero-order valence-electron chi connectivity index (χ0n) is 14.0. The van der Waals surface area contributed by atoms with E-state index in [2.05, 4.69) is 19.8 Å². The molecule has 0 radical (unpaired) electrons. The molecule has 4 fully saturated rings. The van der Waals surface area contributed by atoms with Crippen LogP contribution < -0.4 is 0 Å². The van der Waals surface area contributed by atoms with Gasteiger partial charge in [-0.1, -0.05) is 20.3 Å². The Morgan fingerprint density at radius 2 is 1.76 bits per heavy atom. The summed E-state index contributed by atoms with van der Waals surface area (Å²) in [4.78, 5) is 0. The summed E-state index contributed by atoms with van der Waals surface area (Å²) in [5, 5.41) is 0. The molecule has 116 valence electrons. The molecule has 0 aromatic heterocycles. The largest absolute Gasteiger partial charge is 0.120 e. The third-order valence-corrected chi connectivity index (χ3v) is 8.68. The molecule has 0 spiro atoms. The second kappa shape index (κ2) is 4.78. The number of hydrogen-bond acceptors (Lipinski definition) is 0. The van der Waals surface area contributed by atoms with Gasteiger partial charge in [-0.2, -0.15) is 0 Å². The minimum Gasteiger partial charge on any atom is -0.120 e. The zero-order chi connectivity index (χ0) is 14.7. The predicted octanol–water partition coefficient (Wildman–Crippen LogP) is 5.67. The maximum atomic E-state index is 5.74. The first-order valence-electron chi connectivity index (χ1n) is 9.53. The fourth-order valence-electron chi connectivity index (χ4n) is 7.40. The molecule has 0 saturated heterocycles. The van der Waals surface area contributed by atoms with Crippen LogP contribution in [0.3, 0.4) is 0 Å². The van der Waals surface area contributed by atoms with Crippen molar-refractivity contribution in [1.29, 1.82) is 0 Å². The van der Waals surface area contributed by atoms with E-state index in [-0.39, 0.29) is 0 Å². The standard InChI is InChI=1S/C21H32/c1-4-15-9-13-21(3)16(14-15)7-8-17-18-6-5-11-20(18,2)12-10-19(17)21/h1,15-19H,5-14H2,2-3H3/t15-,16+,17+,18+,19+,20+,21+/m1/s1. The van der Waals surface area contributed by atoms with Gasteiger partial charge in [-0.15, -0.1) is 12.3 Å². The molecule has 21 heavy (non-hydrogen) atoms. The van der Waals surface area contributed by atoms with Crippen LogP contribution in [0.4, 0.5) is 0 Å². The first-order valence-corrected chi connectivity index (χ1v) is 9.53. The number of fused-ring (bicyclic) bond motifs is 5. The highest BCUT2D eigenvalue weighted by molar-refractivity contribution is 5.09. The molecule has 0 bridgehead atoms. The van der Waals surface area contributed by atoms with Crippen molar-refractivity contribution in [1.82, 2.24) is 0 Å². The Balaban J connectivity index is 1.60. The molecule has 4 rings (SSSR count). The van der Waals surface area contributed by atoms with Crippen molar-refractivity contribution in [2.75, 3.05) is 0 Å². The maximum absolute atomic E-state index is 5.74. The van der Waals surface area contributed by atoms with E-state index in [4.69, 9.17) is 6.42 Å². The van der Waals surface area contributed by atoms with Crippen molar-refractivity contribution >= 4 is 0 Å². The summed E-state index contributed by atoms with van der Waals surface area (Å²) in [5.74, 6) is 7.71. The van der Waals surface area contributed by atoms with Crippen LogP contribution >= 0.6 is 0 Å². The van der Waals surface area contributed by atoms with Gasteiger partial charge in [0.15, 0.2) is 0 Å². The number of rotatable bonds is 0. The molecule has 0 unspecified atom stereocenters. The molecule has 0 heteroatoms. The molecule has 0 aromatic rings. The lowest BCUT2D eigenvalue weighted by atomic mass is 9.45. The van der Waals surface area contributed by atoms with Crippen molar-refractivity contribution in [3.63, 3.8) is 0 Å². The van der Waals surface area contributed by atoms with Crippen LogP contribution in [0, 0.1) is 52.8 Å². The maximum Gasteiger partial charge on any atom is 0.0203 e.